The molecule has 0 bridgehead atoms. The minimum atomic E-state index is 0.330. The molecular formula is C23H38O. The number of rotatable bonds is 2. The quantitative estimate of drug-likeness (QED) is 0.584. The Hall–Kier alpha value is -0.330. The van der Waals surface area contributed by atoms with Crippen molar-refractivity contribution in [2.24, 2.45) is 46.3 Å². The topological polar surface area (TPSA) is 17.1 Å². The average molecular weight is 331 g/mol. The third kappa shape index (κ3) is 2.21. The highest BCUT2D eigenvalue weighted by atomic mass is 16.1. The van der Waals surface area contributed by atoms with E-state index in [9.17, 15) is 4.79 Å². The average Bonchev–Trinajstić information content (AvgIpc) is 2.91. The lowest BCUT2D eigenvalue weighted by Crippen LogP contribution is -2.54. The number of Topliss-reactive ketones (excluding diaryl/α,β-unsaturated/α-hetero) is 1. The van der Waals surface area contributed by atoms with Gasteiger partial charge in [-0.15, -0.1) is 0 Å². The number of hydrogen-bond acceptors (Lipinski definition) is 1. The molecule has 0 amide bonds. The van der Waals surface area contributed by atoms with Crippen molar-refractivity contribution in [1.82, 2.24) is 0 Å². The van der Waals surface area contributed by atoms with E-state index in [1.165, 1.54) is 64.2 Å². The first-order chi connectivity index (χ1) is 11.4. The van der Waals surface area contributed by atoms with Crippen molar-refractivity contribution in [2.75, 3.05) is 0 Å². The van der Waals surface area contributed by atoms with Crippen LogP contribution in [0.3, 0.4) is 0 Å². The minimum Gasteiger partial charge on any atom is -0.300 e. The van der Waals surface area contributed by atoms with Crippen LogP contribution in [0.2, 0.25) is 0 Å². The molecule has 4 aliphatic carbocycles. The molecule has 4 fully saturated rings. The van der Waals surface area contributed by atoms with E-state index in [1.54, 1.807) is 0 Å². The molecular weight excluding hydrogens is 292 g/mol. The van der Waals surface area contributed by atoms with Crippen molar-refractivity contribution in [1.29, 1.82) is 0 Å². The van der Waals surface area contributed by atoms with Crippen LogP contribution in [0.4, 0.5) is 0 Å². The Morgan fingerprint density at radius 2 is 1.79 bits per heavy atom. The van der Waals surface area contributed by atoms with Crippen molar-refractivity contribution in [3.63, 3.8) is 0 Å². The number of carbonyl (C=O) groups is 1. The zero-order valence-electron chi connectivity index (χ0n) is 16.4. The van der Waals surface area contributed by atoms with Gasteiger partial charge < -0.3 is 0 Å². The third-order valence-corrected chi connectivity index (χ3v) is 9.78. The molecule has 8 atom stereocenters. The molecule has 0 saturated heterocycles. The molecule has 1 nitrogen and oxygen atoms in total. The molecule has 4 rings (SSSR count). The molecule has 4 saturated carbocycles. The summed E-state index contributed by atoms with van der Waals surface area (Å²) in [7, 11) is 0. The Kier molecular flexibility index (Phi) is 4.17. The molecule has 0 aromatic heterocycles. The Bertz CT molecular complexity index is 510. The zero-order valence-corrected chi connectivity index (χ0v) is 16.4. The lowest BCUT2D eigenvalue weighted by atomic mass is 9.43. The van der Waals surface area contributed by atoms with Crippen molar-refractivity contribution in [3.8, 4) is 0 Å². The maximum atomic E-state index is 12.2. The molecule has 0 spiro atoms. The van der Waals surface area contributed by atoms with Gasteiger partial charge in [-0.05, 0) is 105 Å². The largest absolute Gasteiger partial charge is 0.300 e. The molecule has 0 aromatic rings. The zero-order chi connectivity index (χ0) is 17.1. The summed E-state index contributed by atoms with van der Waals surface area (Å²) >= 11 is 0. The molecule has 0 unspecified atom stereocenters. The highest BCUT2D eigenvalue weighted by Gasteiger charge is 2.61. The minimum absolute atomic E-state index is 0.330. The van der Waals surface area contributed by atoms with Gasteiger partial charge in [-0.2, -0.15) is 0 Å². The van der Waals surface area contributed by atoms with Crippen molar-refractivity contribution >= 4 is 5.78 Å². The van der Waals surface area contributed by atoms with Gasteiger partial charge in [0, 0.05) is 5.92 Å². The Morgan fingerprint density at radius 3 is 2.50 bits per heavy atom. The predicted octanol–water partition coefficient (Wildman–Crippen LogP) is 6.26. The first-order valence-corrected chi connectivity index (χ1v) is 10.9. The summed E-state index contributed by atoms with van der Waals surface area (Å²) in [5.41, 5.74) is 0.988. The second-order valence-corrected chi connectivity index (χ2v) is 10.4. The smallest absolute Gasteiger partial charge is 0.133 e. The van der Waals surface area contributed by atoms with Gasteiger partial charge >= 0.3 is 0 Å². The van der Waals surface area contributed by atoms with Crippen LogP contribution in [0, 0.1) is 46.3 Å². The van der Waals surface area contributed by atoms with E-state index in [2.05, 4.69) is 20.8 Å². The maximum absolute atomic E-state index is 12.2. The lowest BCUT2D eigenvalue weighted by Gasteiger charge is -2.62. The number of ketones is 1. The van der Waals surface area contributed by atoms with E-state index in [-0.39, 0.29) is 0 Å². The monoisotopic (exact) mass is 330 g/mol. The van der Waals surface area contributed by atoms with Crippen LogP contribution < -0.4 is 0 Å². The van der Waals surface area contributed by atoms with Gasteiger partial charge in [-0.25, -0.2) is 0 Å². The number of hydrogen-bond donors (Lipinski definition) is 0. The molecule has 24 heavy (non-hydrogen) atoms. The fraction of sp³-hybridized carbons (Fsp3) is 0.957. The summed E-state index contributed by atoms with van der Waals surface area (Å²) in [6, 6.07) is 0. The second-order valence-electron chi connectivity index (χ2n) is 10.4. The van der Waals surface area contributed by atoms with Crippen LogP contribution in [0.1, 0.15) is 91.9 Å². The van der Waals surface area contributed by atoms with Gasteiger partial charge in [0.15, 0.2) is 0 Å². The fourth-order valence-corrected chi connectivity index (χ4v) is 8.64. The second kappa shape index (κ2) is 5.85. The molecule has 0 radical (unpaired) electrons. The summed E-state index contributed by atoms with van der Waals surface area (Å²) in [6.07, 6.45) is 14.1. The lowest BCUT2D eigenvalue weighted by molar-refractivity contribution is -0.139. The number of fused-ring (bicyclic) bond motifs is 5. The highest BCUT2D eigenvalue weighted by Crippen LogP contribution is 2.68. The highest BCUT2D eigenvalue weighted by molar-refractivity contribution is 5.79. The standard InChI is InChI=1S/C23H38O/c1-5-23-13-10-15(2)14-17(23)6-7-18-20-9-8-19(16(3)24)22(20,4)12-11-21(18)23/h15,17-21H,5-14H2,1-4H3/t15-,17+,18+,19-,20+,21+,22-,23+/m1/s1. The molecule has 136 valence electrons. The van der Waals surface area contributed by atoms with Crippen molar-refractivity contribution in [2.45, 2.75) is 91.9 Å². The van der Waals surface area contributed by atoms with Crippen molar-refractivity contribution in [3.05, 3.63) is 0 Å². The number of carbonyl (C=O) groups excluding carboxylic acids is 1. The maximum Gasteiger partial charge on any atom is 0.133 e. The molecule has 1 heteroatoms. The van der Waals surface area contributed by atoms with Crippen LogP contribution in [-0.4, -0.2) is 5.78 Å². The van der Waals surface area contributed by atoms with E-state index in [0.717, 1.165) is 29.6 Å². The summed E-state index contributed by atoms with van der Waals surface area (Å²) < 4.78 is 0. The summed E-state index contributed by atoms with van der Waals surface area (Å²) in [5, 5.41) is 0. The van der Waals surface area contributed by atoms with Gasteiger partial charge in [-0.1, -0.05) is 27.2 Å². The summed E-state index contributed by atoms with van der Waals surface area (Å²) in [5.74, 6) is 5.54. The first-order valence-electron chi connectivity index (χ1n) is 10.9. The molecule has 0 aromatic carbocycles. The van der Waals surface area contributed by atoms with Gasteiger partial charge in [-0.3, -0.25) is 4.79 Å². The Labute approximate surface area is 149 Å². The van der Waals surface area contributed by atoms with Gasteiger partial charge in [0.05, 0.1) is 0 Å². The van der Waals surface area contributed by atoms with Gasteiger partial charge in [0.2, 0.25) is 0 Å². The van der Waals surface area contributed by atoms with E-state index < -0.39 is 0 Å². The fourth-order valence-electron chi connectivity index (χ4n) is 8.64. The van der Waals surface area contributed by atoms with Crippen LogP contribution in [0.15, 0.2) is 0 Å². The van der Waals surface area contributed by atoms with Crippen LogP contribution in [-0.2, 0) is 4.79 Å². The van der Waals surface area contributed by atoms with Crippen LogP contribution in [0.25, 0.3) is 0 Å². The summed E-state index contributed by atoms with van der Waals surface area (Å²) in [4.78, 5) is 12.2. The van der Waals surface area contributed by atoms with Crippen molar-refractivity contribution < 1.29 is 4.79 Å². The molecule has 0 heterocycles. The molecule has 4 aliphatic rings. The predicted molar refractivity (Wildman–Crippen MR) is 99.7 cm³/mol. The summed E-state index contributed by atoms with van der Waals surface area (Å²) in [6.45, 7) is 9.32. The normalized spacial score (nSPS) is 53.8. The van der Waals surface area contributed by atoms with Gasteiger partial charge in [0.25, 0.3) is 0 Å². The third-order valence-electron chi connectivity index (χ3n) is 9.78. The van der Waals surface area contributed by atoms with Crippen LogP contribution in [0.5, 0.6) is 0 Å². The van der Waals surface area contributed by atoms with E-state index in [4.69, 9.17) is 0 Å². The van der Waals surface area contributed by atoms with Crippen LogP contribution >= 0.6 is 0 Å². The molecule has 0 N–H and O–H groups in total. The van der Waals surface area contributed by atoms with Gasteiger partial charge in [0.1, 0.15) is 5.78 Å². The van der Waals surface area contributed by atoms with E-state index >= 15 is 0 Å². The Morgan fingerprint density at radius 1 is 1.00 bits per heavy atom. The molecule has 0 aliphatic heterocycles. The van der Waals surface area contributed by atoms with E-state index in [0.29, 0.717) is 22.5 Å². The Balaban J connectivity index is 1.64. The van der Waals surface area contributed by atoms with E-state index in [1.807, 2.05) is 6.92 Å². The SMILES string of the molecule is CC[C@]12CC[C@@H](C)C[C@@H]1CC[C@H]1[C@@H]3CC[C@H](C(C)=O)[C@@]3(C)CC[C@@H]12. The first kappa shape index (κ1) is 17.1.